The first-order valence-corrected chi connectivity index (χ1v) is 9.36. The number of rotatable bonds is 7. The van der Waals surface area contributed by atoms with Gasteiger partial charge in [0.15, 0.2) is 0 Å². The number of hydrogen-bond acceptors (Lipinski definition) is 2. The van der Waals surface area contributed by atoms with Crippen molar-refractivity contribution in [1.82, 2.24) is 4.98 Å². The molecule has 0 amide bonds. The van der Waals surface area contributed by atoms with E-state index in [4.69, 9.17) is 10.5 Å². The highest BCUT2D eigenvalue weighted by Gasteiger charge is 2.05. The first-order chi connectivity index (χ1) is 13.3. The molecule has 3 N–H and O–H groups in total. The lowest BCUT2D eigenvalue weighted by Crippen LogP contribution is -2.02. The number of nitrogens with two attached hydrogens (primary N) is 1. The van der Waals surface area contributed by atoms with Crippen molar-refractivity contribution in [1.29, 1.82) is 0 Å². The van der Waals surface area contributed by atoms with E-state index in [1.165, 1.54) is 27.6 Å². The molecule has 3 aromatic carbocycles. The lowest BCUT2D eigenvalue weighted by atomic mass is 10.0. The summed E-state index contributed by atoms with van der Waals surface area (Å²) < 4.78 is 6.02. The summed E-state index contributed by atoms with van der Waals surface area (Å²) in [4.78, 5) is 3.29. The molecule has 0 aliphatic rings. The first kappa shape index (κ1) is 17.4. The van der Waals surface area contributed by atoms with Gasteiger partial charge in [0.2, 0.25) is 0 Å². The molecule has 0 fully saturated rings. The summed E-state index contributed by atoms with van der Waals surface area (Å²) in [7, 11) is 0. The Kier molecular flexibility index (Phi) is 5.22. The van der Waals surface area contributed by atoms with Crippen LogP contribution < -0.4 is 10.5 Å². The molecule has 0 aliphatic carbocycles. The van der Waals surface area contributed by atoms with Crippen LogP contribution in [0.25, 0.3) is 10.9 Å². The largest absolute Gasteiger partial charge is 0.489 e. The molecule has 1 heterocycles. The zero-order chi connectivity index (χ0) is 18.5. The predicted octanol–water partition coefficient (Wildman–Crippen LogP) is 4.84. The highest BCUT2D eigenvalue weighted by atomic mass is 16.5. The first-order valence-electron chi connectivity index (χ1n) is 9.36. The minimum Gasteiger partial charge on any atom is -0.489 e. The predicted molar refractivity (Wildman–Crippen MR) is 111 cm³/mol. The molecule has 0 radical (unpaired) electrons. The third-order valence-corrected chi connectivity index (χ3v) is 4.83. The molecule has 0 saturated carbocycles. The van der Waals surface area contributed by atoms with Crippen LogP contribution in [0.5, 0.6) is 5.75 Å². The van der Waals surface area contributed by atoms with Gasteiger partial charge < -0.3 is 15.5 Å². The fraction of sp³-hybridized carbons (Fsp3) is 0.167. The summed E-state index contributed by atoms with van der Waals surface area (Å²) in [6.07, 6.45) is 3.86. The molecular weight excluding hydrogens is 332 g/mol. The number of fused-ring (bicyclic) bond motifs is 1. The van der Waals surface area contributed by atoms with Gasteiger partial charge in [-0.05, 0) is 59.8 Å². The lowest BCUT2D eigenvalue weighted by Gasteiger charge is -2.08. The number of nitrogens with one attached hydrogen (secondary N) is 1. The van der Waals surface area contributed by atoms with Gasteiger partial charge in [-0.2, -0.15) is 0 Å². The zero-order valence-electron chi connectivity index (χ0n) is 15.3. The molecule has 0 saturated heterocycles. The van der Waals surface area contributed by atoms with Gasteiger partial charge in [0.25, 0.3) is 0 Å². The molecule has 4 aromatic rings. The summed E-state index contributed by atoms with van der Waals surface area (Å²) in [5.74, 6) is 0.883. The van der Waals surface area contributed by atoms with Crippen LogP contribution in [0.3, 0.4) is 0 Å². The molecule has 0 atom stereocenters. The van der Waals surface area contributed by atoms with E-state index in [-0.39, 0.29) is 0 Å². The van der Waals surface area contributed by atoms with Crippen LogP contribution in [-0.4, -0.2) is 11.5 Å². The van der Waals surface area contributed by atoms with E-state index in [0.29, 0.717) is 13.2 Å². The van der Waals surface area contributed by atoms with Crippen molar-refractivity contribution in [2.75, 3.05) is 6.54 Å². The number of aromatic nitrogens is 1. The number of hydrogen-bond donors (Lipinski definition) is 2. The average Bonchev–Trinajstić information content (AvgIpc) is 3.11. The summed E-state index contributed by atoms with van der Waals surface area (Å²) in [6.45, 7) is 1.21. The third-order valence-electron chi connectivity index (χ3n) is 4.83. The second-order valence-electron chi connectivity index (χ2n) is 6.83. The fourth-order valence-corrected chi connectivity index (χ4v) is 3.36. The molecule has 0 bridgehead atoms. The second kappa shape index (κ2) is 8.11. The normalized spacial score (nSPS) is 11.0. The topological polar surface area (TPSA) is 51.0 Å². The second-order valence-corrected chi connectivity index (χ2v) is 6.83. The van der Waals surface area contributed by atoms with Crippen LogP contribution in [-0.2, 0) is 19.4 Å². The van der Waals surface area contributed by atoms with E-state index in [0.717, 1.165) is 24.1 Å². The standard InChI is InChI=1S/C24H24N2O/c25-13-12-21-16-26-24-11-10-22(15-23(21)24)27-17-20-8-6-19(7-9-20)14-18-4-2-1-3-5-18/h1-11,15-16,26H,12-14,17,25H2. The van der Waals surface area contributed by atoms with Crippen LogP contribution in [0.4, 0.5) is 0 Å². The molecule has 4 rings (SSSR count). The van der Waals surface area contributed by atoms with Crippen LogP contribution in [0.15, 0.2) is 79.0 Å². The van der Waals surface area contributed by atoms with Gasteiger partial charge in [0.1, 0.15) is 12.4 Å². The number of H-pyrrole nitrogens is 1. The molecule has 0 spiro atoms. The van der Waals surface area contributed by atoms with Crippen molar-refractivity contribution in [2.45, 2.75) is 19.4 Å². The highest BCUT2D eigenvalue weighted by Crippen LogP contribution is 2.24. The maximum absolute atomic E-state index is 6.02. The summed E-state index contributed by atoms with van der Waals surface area (Å²) in [5.41, 5.74) is 11.9. The van der Waals surface area contributed by atoms with E-state index < -0.39 is 0 Å². The highest BCUT2D eigenvalue weighted by molar-refractivity contribution is 5.84. The van der Waals surface area contributed by atoms with Gasteiger partial charge in [-0.1, -0.05) is 54.6 Å². The molecule has 3 heteroatoms. The molecule has 1 aromatic heterocycles. The van der Waals surface area contributed by atoms with Crippen molar-refractivity contribution in [3.63, 3.8) is 0 Å². The van der Waals surface area contributed by atoms with Crippen molar-refractivity contribution in [3.8, 4) is 5.75 Å². The molecular formula is C24H24N2O. The Labute approximate surface area is 159 Å². The Morgan fingerprint density at radius 1 is 0.815 bits per heavy atom. The van der Waals surface area contributed by atoms with Crippen molar-refractivity contribution >= 4 is 10.9 Å². The average molecular weight is 356 g/mol. The van der Waals surface area contributed by atoms with Crippen molar-refractivity contribution < 1.29 is 4.74 Å². The van der Waals surface area contributed by atoms with Crippen LogP contribution >= 0.6 is 0 Å². The SMILES string of the molecule is NCCc1c[nH]c2ccc(OCc3ccc(Cc4ccccc4)cc3)cc12. The number of ether oxygens (including phenoxy) is 1. The maximum Gasteiger partial charge on any atom is 0.120 e. The monoisotopic (exact) mass is 356 g/mol. The van der Waals surface area contributed by atoms with E-state index in [1.54, 1.807) is 0 Å². The minimum absolute atomic E-state index is 0.563. The Morgan fingerprint density at radius 3 is 2.33 bits per heavy atom. The number of benzene rings is 3. The molecule has 27 heavy (non-hydrogen) atoms. The van der Waals surface area contributed by atoms with E-state index in [9.17, 15) is 0 Å². The zero-order valence-corrected chi connectivity index (χ0v) is 15.3. The van der Waals surface area contributed by atoms with Gasteiger partial charge in [0.05, 0.1) is 0 Å². The van der Waals surface area contributed by atoms with Crippen LogP contribution in [0, 0.1) is 0 Å². The van der Waals surface area contributed by atoms with Gasteiger partial charge in [-0.3, -0.25) is 0 Å². The molecule has 136 valence electrons. The number of aromatic amines is 1. The summed E-state index contributed by atoms with van der Waals surface area (Å²) in [6, 6.07) is 25.4. The van der Waals surface area contributed by atoms with E-state index >= 15 is 0 Å². The Morgan fingerprint density at radius 2 is 1.56 bits per heavy atom. The maximum atomic E-state index is 6.02. The minimum atomic E-state index is 0.563. The smallest absolute Gasteiger partial charge is 0.120 e. The quantitative estimate of drug-likeness (QED) is 0.498. The molecule has 0 aliphatic heterocycles. The van der Waals surface area contributed by atoms with Gasteiger partial charge in [-0.25, -0.2) is 0 Å². The molecule has 3 nitrogen and oxygen atoms in total. The Hall–Kier alpha value is -3.04. The van der Waals surface area contributed by atoms with E-state index in [1.807, 2.05) is 18.3 Å². The Balaban J connectivity index is 1.41. The van der Waals surface area contributed by atoms with E-state index in [2.05, 4.69) is 65.6 Å². The Bertz CT molecular complexity index is 1000. The molecule has 0 unspecified atom stereocenters. The fourth-order valence-electron chi connectivity index (χ4n) is 3.36. The van der Waals surface area contributed by atoms with Crippen LogP contribution in [0.2, 0.25) is 0 Å². The van der Waals surface area contributed by atoms with Gasteiger partial charge in [0, 0.05) is 17.1 Å². The van der Waals surface area contributed by atoms with Gasteiger partial charge in [-0.15, -0.1) is 0 Å². The third kappa shape index (κ3) is 4.21. The lowest BCUT2D eigenvalue weighted by molar-refractivity contribution is 0.306. The van der Waals surface area contributed by atoms with Gasteiger partial charge >= 0.3 is 0 Å². The van der Waals surface area contributed by atoms with Crippen molar-refractivity contribution in [2.24, 2.45) is 5.73 Å². The van der Waals surface area contributed by atoms with Crippen LogP contribution in [0.1, 0.15) is 22.3 Å². The summed E-state index contributed by atoms with van der Waals surface area (Å²) >= 11 is 0. The van der Waals surface area contributed by atoms with Crippen molar-refractivity contribution in [3.05, 3.63) is 101 Å². The summed E-state index contributed by atoms with van der Waals surface area (Å²) in [5, 5.41) is 1.19.